The lowest BCUT2D eigenvalue weighted by molar-refractivity contribution is -0.198. The third-order valence-corrected chi connectivity index (χ3v) is 5.85. The summed E-state index contributed by atoms with van der Waals surface area (Å²) in [5.74, 6) is 0.299. The van der Waals surface area contributed by atoms with Crippen LogP contribution >= 0.6 is 0 Å². The summed E-state index contributed by atoms with van der Waals surface area (Å²) in [6.07, 6.45) is 7.14. The van der Waals surface area contributed by atoms with Crippen LogP contribution in [0.4, 0.5) is 0 Å². The Balaban J connectivity index is 1.93. The second-order valence-corrected chi connectivity index (χ2v) is 8.13. The molecule has 2 saturated carbocycles. The molecule has 0 amide bonds. The first-order chi connectivity index (χ1) is 11.3. The molecule has 1 unspecified atom stereocenters. The lowest BCUT2D eigenvalue weighted by Crippen LogP contribution is -2.35. The van der Waals surface area contributed by atoms with Gasteiger partial charge in [-0.05, 0) is 63.7 Å². The van der Waals surface area contributed by atoms with Crippen molar-refractivity contribution in [3.05, 3.63) is 0 Å². The molecule has 2 rings (SSSR count). The van der Waals surface area contributed by atoms with E-state index in [2.05, 4.69) is 0 Å². The Labute approximate surface area is 145 Å². The van der Waals surface area contributed by atoms with Crippen LogP contribution in [-0.2, 0) is 23.8 Å². The Kier molecular flexibility index (Phi) is 6.29. The van der Waals surface area contributed by atoms with Crippen molar-refractivity contribution >= 4 is 11.9 Å². The first-order valence-corrected chi connectivity index (χ1v) is 9.22. The van der Waals surface area contributed by atoms with Gasteiger partial charge < -0.3 is 14.2 Å². The van der Waals surface area contributed by atoms with E-state index in [1.54, 1.807) is 0 Å². The van der Waals surface area contributed by atoms with Crippen LogP contribution in [0.2, 0.25) is 0 Å². The maximum Gasteiger partial charge on any atom is 0.313 e. The normalized spacial score (nSPS) is 27.1. The van der Waals surface area contributed by atoms with Crippen molar-refractivity contribution in [2.45, 2.75) is 78.9 Å². The summed E-state index contributed by atoms with van der Waals surface area (Å²) in [5, 5.41) is 0. The van der Waals surface area contributed by atoms with E-state index in [1.807, 2.05) is 20.8 Å². The largest absolute Gasteiger partial charge is 0.463 e. The zero-order valence-corrected chi connectivity index (χ0v) is 15.6. The van der Waals surface area contributed by atoms with Gasteiger partial charge in [-0.2, -0.15) is 0 Å². The molecule has 1 atom stereocenters. The van der Waals surface area contributed by atoms with E-state index in [1.165, 1.54) is 39.0 Å². The molecule has 0 aromatic heterocycles. The van der Waals surface area contributed by atoms with Crippen molar-refractivity contribution in [1.82, 2.24) is 0 Å². The summed E-state index contributed by atoms with van der Waals surface area (Å²) in [4.78, 5) is 23.3. The Bertz CT molecular complexity index is 449. The van der Waals surface area contributed by atoms with Gasteiger partial charge in [0.2, 0.25) is 6.29 Å². The van der Waals surface area contributed by atoms with Crippen LogP contribution < -0.4 is 0 Å². The number of carbonyl (C=O) groups is 2. The van der Waals surface area contributed by atoms with Crippen LogP contribution in [0.25, 0.3) is 0 Å². The fraction of sp³-hybridized carbons (Fsp3) is 0.895. The molecule has 24 heavy (non-hydrogen) atoms. The summed E-state index contributed by atoms with van der Waals surface area (Å²) in [7, 11) is 0. The quantitative estimate of drug-likeness (QED) is 0.362. The second-order valence-electron chi connectivity index (χ2n) is 8.13. The van der Waals surface area contributed by atoms with E-state index < -0.39 is 11.7 Å². The van der Waals surface area contributed by atoms with E-state index in [9.17, 15) is 9.59 Å². The van der Waals surface area contributed by atoms with Gasteiger partial charge in [0.25, 0.3) is 0 Å². The standard InChI is InChI=1S/C19H32O5/c1-5-18(3,4)17(21)24-16(23-11-10-22-14(2)20)13-19-8-6-15(12-19)7-9-19/h15-16H,5-13H2,1-4H3. The third-order valence-electron chi connectivity index (χ3n) is 5.85. The van der Waals surface area contributed by atoms with Gasteiger partial charge in [0.1, 0.15) is 6.61 Å². The van der Waals surface area contributed by atoms with Crippen LogP contribution in [0.5, 0.6) is 0 Å². The summed E-state index contributed by atoms with van der Waals surface area (Å²) >= 11 is 0. The molecule has 0 spiro atoms. The van der Waals surface area contributed by atoms with E-state index in [-0.39, 0.29) is 30.6 Å². The maximum atomic E-state index is 12.4. The fourth-order valence-electron chi connectivity index (χ4n) is 3.87. The highest BCUT2D eigenvalue weighted by Gasteiger charge is 2.47. The molecule has 0 radical (unpaired) electrons. The molecule has 2 aliphatic rings. The summed E-state index contributed by atoms with van der Waals surface area (Å²) in [6, 6.07) is 0. The molecule has 2 bridgehead atoms. The van der Waals surface area contributed by atoms with Gasteiger partial charge in [-0.15, -0.1) is 0 Å². The zero-order valence-electron chi connectivity index (χ0n) is 15.6. The summed E-state index contributed by atoms with van der Waals surface area (Å²) in [5.41, 5.74) is -0.240. The monoisotopic (exact) mass is 340 g/mol. The highest BCUT2D eigenvalue weighted by Crippen LogP contribution is 2.56. The molecule has 0 N–H and O–H groups in total. The number of hydrogen-bond acceptors (Lipinski definition) is 5. The Hall–Kier alpha value is -1.10. The van der Waals surface area contributed by atoms with Crippen molar-refractivity contribution in [2.75, 3.05) is 13.2 Å². The van der Waals surface area contributed by atoms with E-state index in [0.29, 0.717) is 0 Å². The number of rotatable bonds is 9. The fourth-order valence-corrected chi connectivity index (χ4v) is 3.87. The highest BCUT2D eigenvalue weighted by atomic mass is 16.7. The van der Waals surface area contributed by atoms with Crippen LogP contribution in [0.15, 0.2) is 0 Å². The van der Waals surface area contributed by atoms with Gasteiger partial charge in [0, 0.05) is 13.3 Å². The molecule has 0 aliphatic heterocycles. The van der Waals surface area contributed by atoms with E-state index in [4.69, 9.17) is 14.2 Å². The van der Waals surface area contributed by atoms with Gasteiger partial charge in [0.05, 0.1) is 12.0 Å². The molecule has 138 valence electrons. The predicted molar refractivity (Wildman–Crippen MR) is 90.2 cm³/mol. The maximum absolute atomic E-state index is 12.4. The number of fused-ring (bicyclic) bond motifs is 2. The van der Waals surface area contributed by atoms with Crippen molar-refractivity contribution in [1.29, 1.82) is 0 Å². The molecule has 5 nitrogen and oxygen atoms in total. The Morgan fingerprint density at radius 2 is 1.88 bits per heavy atom. The van der Waals surface area contributed by atoms with Gasteiger partial charge in [-0.3, -0.25) is 9.59 Å². The van der Waals surface area contributed by atoms with Gasteiger partial charge in [-0.1, -0.05) is 6.92 Å². The second kappa shape index (κ2) is 7.85. The lowest BCUT2D eigenvalue weighted by atomic mass is 9.81. The number of carbonyl (C=O) groups excluding carboxylic acids is 2. The van der Waals surface area contributed by atoms with Crippen molar-refractivity contribution in [3.8, 4) is 0 Å². The molecule has 2 fully saturated rings. The van der Waals surface area contributed by atoms with E-state index in [0.717, 1.165) is 18.8 Å². The minimum absolute atomic E-state index is 0.191. The Morgan fingerprint density at radius 3 is 2.38 bits per heavy atom. The smallest absolute Gasteiger partial charge is 0.313 e. The summed E-state index contributed by atoms with van der Waals surface area (Å²) in [6.45, 7) is 7.58. The molecule has 0 heterocycles. The Morgan fingerprint density at radius 1 is 1.21 bits per heavy atom. The average molecular weight is 340 g/mol. The molecule has 0 aromatic rings. The molecule has 0 aromatic carbocycles. The topological polar surface area (TPSA) is 61.8 Å². The summed E-state index contributed by atoms with van der Waals surface area (Å²) < 4.78 is 16.4. The van der Waals surface area contributed by atoms with Gasteiger partial charge >= 0.3 is 11.9 Å². The van der Waals surface area contributed by atoms with Crippen LogP contribution in [0.1, 0.15) is 72.6 Å². The minimum Gasteiger partial charge on any atom is -0.463 e. The first-order valence-electron chi connectivity index (χ1n) is 9.22. The van der Waals surface area contributed by atoms with Crippen molar-refractivity contribution in [2.24, 2.45) is 16.7 Å². The lowest BCUT2D eigenvalue weighted by Gasteiger charge is -2.32. The molecular weight excluding hydrogens is 308 g/mol. The van der Waals surface area contributed by atoms with Gasteiger partial charge in [-0.25, -0.2) is 0 Å². The number of hydrogen-bond donors (Lipinski definition) is 0. The van der Waals surface area contributed by atoms with Crippen LogP contribution in [-0.4, -0.2) is 31.4 Å². The number of ether oxygens (including phenoxy) is 3. The SMILES string of the molecule is CCC(C)(C)C(=O)OC(CC12CCC(CC1)C2)OCCOC(C)=O. The molecular formula is C19H32O5. The number of esters is 2. The van der Waals surface area contributed by atoms with Crippen molar-refractivity contribution < 1.29 is 23.8 Å². The predicted octanol–water partition coefficient (Wildman–Crippen LogP) is 3.84. The van der Waals surface area contributed by atoms with Crippen LogP contribution in [0.3, 0.4) is 0 Å². The third kappa shape index (κ3) is 4.95. The first kappa shape index (κ1) is 19.2. The van der Waals surface area contributed by atoms with Gasteiger partial charge in [0.15, 0.2) is 0 Å². The van der Waals surface area contributed by atoms with Crippen molar-refractivity contribution in [3.63, 3.8) is 0 Å². The highest BCUT2D eigenvalue weighted by molar-refractivity contribution is 5.75. The molecule has 2 aliphatic carbocycles. The van der Waals surface area contributed by atoms with Crippen LogP contribution in [0, 0.1) is 16.7 Å². The van der Waals surface area contributed by atoms with E-state index >= 15 is 0 Å². The molecule has 5 heteroatoms. The minimum atomic E-state index is -0.546. The molecule has 0 saturated heterocycles. The average Bonchev–Trinajstić information content (AvgIpc) is 3.11. The zero-order chi connectivity index (χ0) is 17.8.